The lowest BCUT2D eigenvalue weighted by atomic mass is 10.1. The third-order valence-corrected chi connectivity index (χ3v) is 4.87. The van der Waals surface area contributed by atoms with E-state index in [-0.39, 0.29) is 18.9 Å². The molecule has 1 saturated heterocycles. The molecule has 0 saturated carbocycles. The molecule has 0 bridgehead atoms. The number of nitrogens with one attached hydrogen (secondary N) is 1. The molecule has 1 fully saturated rings. The molecular weight excluding hydrogens is 412 g/mol. The van der Waals surface area contributed by atoms with Gasteiger partial charge in [-0.15, -0.1) is 0 Å². The van der Waals surface area contributed by atoms with E-state index in [0.717, 1.165) is 12.2 Å². The van der Waals surface area contributed by atoms with Crippen LogP contribution < -0.4 is 19.7 Å². The first-order chi connectivity index (χ1) is 15.5. The van der Waals surface area contributed by atoms with Gasteiger partial charge in [-0.25, -0.2) is 0 Å². The van der Waals surface area contributed by atoms with E-state index in [1.54, 1.807) is 53.4 Å². The summed E-state index contributed by atoms with van der Waals surface area (Å²) < 4.78 is 16.0. The van der Waals surface area contributed by atoms with Crippen LogP contribution in [0.5, 0.6) is 11.5 Å². The van der Waals surface area contributed by atoms with E-state index in [1.165, 1.54) is 0 Å². The van der Waals surface area contributed by atoms with Gasteiger partial charge in [-0.2, -0.15) is 0 Å². The predicted octanol–water partition coefficient (Wildman–Crippen LogP) is 3.41. The van der Waals surface area contributed by atoms with Gasteiger partial charge in [-0.3, -0.25) is 14.4 Å². The third kappa shape index (κ3) is 6.23. The van der Waals surface area contributed by atoms with Crippen LogP contribution >= 0.6 is 0 Å². The van der Waals surface area contributed by atoms with Crippen LogP contribution in [-0.2, 0) is 19.1 Å². The summed E-state index contributed by atoms with van der Waals surface area (Å²) in [4.78, 5) is 38.4. The first kappa shape index (κ1) is 23.1. The first-order valence-corrected chi connectivity index (χ1v) is 10.7. The molecule has 2 aromatic rings. The average Bonchev–Trinajstić information content (AvgIpc) is 3.19. The molecule has 1 N–H and O–H groups in total. The Bertz CT molecular complexity index is 927. The summed E-state index contributed by atoms with van der Waals surface area (Å²) in [5, 5.41) is 2.66. The summed E-state index contributed by atoms with van der Waals surface area (Å²) in [5.74, 6) is -0.353. The number of nitrogens with zero attached hydrogens (tertiary/aromatic N) is 1. The summed E-state index contributed by atoms with van der Waals surface area (Å²) >= 11 is 0. The fourth-order valence-electron chi connectivity index (χ4n) is 3.31. The van der Waals surface area contributed by atoms with Crippen molar-refractivity contribution in [2.75, 3.05) is 36.6 Å². The Morgan fingerprint density at radius 2 is 1.66 bits per heavy atom. The highest BCUT2D eigenvalue weighted by molar-refractivity contribution is 6.00. The molecule has 1 heterocycles. The Morgan fingerprint density at radius 1 is 1.00 bits per heavy atom. The van der Waals surface area contributed by atoms with Crippen molar-refractivity contribution >= 4 is 29.2 Å². The predicted molar refractivity (Wildman–Crippen MR) is 120 cm³/mol. The topological polar surface area (TPSA) is 94.2 Å². The zero-order valence-corrected chi connectivity index (χ0v) is 18.3. The van der Waals surface area contributed by atoms with Crippen LogP contribution in [0.4, 0.5) is 11.4 Å². The number of hydrogen-bond acceptors (Lipinski definition) is 6. The Balaban J connectivity index is 1.47. The molecule has 0 aliphatic carbocycles. The summed E-state index contributed by atoms with van der Waals surface area (Å²) in [5.41, 5.74) is 1.27. The lowest BCUT2D eigenvalue weighted by molar-refractivity contribution is -0.151. The van der Waals surface area contributed by atoms with Crippen LogP contribution in [0.15, 0.2) is 48.5 Å². The molecule has 8 heteroatoms. The smallest absolute Gasteiger partial charge is 0.311 e. The van der Waals surface area contributed by atoms with Crippen molar-refractivity contribution in [3.05, 3.63) is 48.5 Å². The highest BCUT2D eigenvalue weighted by Gasteiger charge is 2.36. The summed E-state index contributed by atoms with van der Waals surface area (Å²) in [6.45, 7) is 4.90. The zero-order valence-electron chi connectivity index (χ0n) is 18.3. The van der Waals surface area contributed by atoms with E-state index in [2.05, 4.69) is 5.32 Å². The van der Waals surface area contributed by atoms with E-state index in [9.17, 15) is 14.4 Å². The molecule has 2 aromatic carbocycles. The van der Waals surface area contributed by atoms with Crippen molar-refractivity contribution in [1.82, 2.24) is 0 Å². The molecule has 2 amide bonds. The van der Waals surface area contributed by atoms with Gasteiger partial charge in [-0.05, 0) is 61.9 Å². The van der Waals surface area contributed by atoms with Crippen LogP contribution in [0.2, 0.25) is 0 Å². The molecule has 170 valence electrons. The molecule has 1 aliphatic heterocycles. The van der Waals surface area contributed by atoms with Gasteiger partial charge >= 0.3 is 5.97 Å². The molecule has 32 heavy (non-hydrogen) atoms. The van der Waals surface area contributed by atoms with Gasteiger partial charge in [0, 0.05) is 24.3 Å². The van der Waals surface area contributed by atoms with E-state index >= 15 is 0 Å². The number of ether oxygens (including phenoxy) is 3. The number of hydrogen-bond donors (Lipinski definition) is 1. The van der Waals surface area contributed by atoms with Crippen molar-refractivity contribution in [3.63, 3.8) is 0 Å². The first-order valence-electron chi connectivity index (χ1n) is 10.7. The van der Waals surface area contributed by atoms with Gasteiger partial charge in [0.15, 0.2) is 6.61 Å². The molecule has 3 rings (SSSR count). The van der Waals surface area contributed by atoms with E-state index < -0.39 is 24.4 Å². The maximum atomic E-state index is 12.4. The Hall–Kier alpha value is -3.55. The van der Waals surface area contributed by atoms with Crippen LogP contribution in [-0.4, -0.2) is 44.1 Å². The van der Waals surface area contributed by atoms with Gasteiger partial charge < -0.3 is 24.4 Å². The number of amides is 2. The third-order valence-electron chi connectivity index (χ3n) is 4.87. The van der Waals surface area contributed by atoms with E-state index in [0.29, 0.717) is 30.3 Å². The van der Waals surface area contributed by atoms with Crippen molar-refractivity contribution < 1.29 is 28.6 Å². The van der Waals surface area contributed by atoms with E-state index in [4.69, 9.17) is 14.2 Å². The number of carbonyl (C=O) groups excluding carboxylic acids is 3. The van der Waals surface area contributed by atoms with Gasteiger partial charge in [0.05, 0.1) is 19.1 Å². The molecule has 0 aromatic heterocycles. The molecule has 0 spiro atoms. The minimum Gasteiger partial charge on any atom is -0.494 e. The molecule has 1 atom stereocenters. The fourth-order valence-corrected chi connectivity index (χ4v) is 3.31. The number of esters is 1. The zero-order chi connectivity index (χ0) is 22.9. The lowest BCUT2D eigenvalue weighted by Crippen LogP contribution is -2.28. The standard InChI is InChI=1S/C24H28N2O6/c1-3-13-31-21-11-7-19(8-12-21)26-15-17(14-23(26)28)24(29)32-16-22(27)25-18-5-9-20(10-6-18)30-4-2/h5-12,17H,3-4,13-16H2,1-2H3,(H,25,27)/t17-/m0/s1. The fraction of sp³-hybridized carbons (Fsp3) is 0.375. The molecule has 0 unspecified atom stereocenters. The summed E-state index contributed by atoms with van der Waals surface area (Å²) in [6, 6.07) is 14.1. The van der Waals surface area contributed by atoms with Crippen LogP contribution in [0.1, 0.15) is 26.7 Å². The molecule has 8 nitrogen and oxygen atoms in total. The number of carbonyl (C=O) groups is 3. The van der Waals surface area contributed by atoms with Crippen LogP contribution in [0.25, 0.3) is 0 Å². The minimum absolute atomic E-state index is 0.0490. The van der Waals surface area contributed by atoms with Gasteiger partial charge in [-0.1, -0.05) is 6.92 Å². The Morgan fingerprint density at radius 3 is 2.31 bits per heavy atom. The highest BCUT2D eigenvalue weighted by Crippen LogP contribution is 2.27. The maximum Gasteiger partial charge on any atom is 0.311 e. The number of rotatable bonds is 10. The second-order valence-corrected chi connectivity index (χ2v) is 7.36. The Kier molecular flexibility index (Phi) is 8.08. The number of anilines is 2. The van der Waals surface area contributed by atoms with Crippen LogP contribution in [0, 0.1) is 5.92 Å². The van der Waals surface area contributed by atoms with Crippen molar-refractivity contribution in [1.29, 1.82) is 0 Å². The summed E-state index contributed by atoms with van der Waals surface area (Å²) in [7, 11) is 0. The second kappa shape index (κ2) is 11.2. The van der Waals surface area contributed by atoms with Crippen molar-refractivity contribution in [2.45, 2.75) is 26.7 Å². The second-order valence-electron chi connectivity index (χ2n) is 7.36. The quantitative estimate of drug-likeness (QED) is 0.569. The van der Waals surface area contributed by atoms with Gasteiger partial charge in [0.2, 0.25) is 5.91 Å². The number of benzene rings is 2. The lowest BCUT2D eigenvalue weighted by Gasteiger charge is -2.17. The molecule has 1 aliphatic rings. The SMILES string of the molecule is CCCOc1ccc(N2C[C@@H](C(=O)OCC(=O)Nc3ccc(OCC)cc3)CC2=O)cc1. The molecular formula is C24H28N2O6. The van der Waals surface area contributed by atoms with E-state index in [1.807, 2.05) is 13.8 Å². The largest absolute Gasteiger partial charge is 0.494 e. The Labute approximate surface area is 187 Å². The molecule has 0 radical (unpaired) electrons. The van der Waals surface area contributed by atoms with Crippen LogP contribution in [0.3, 0.4) is 0 Å². The summed E-state index contributed by atoms with van der Waals surface area (Å²) in [6.07, 6.45) is 0.960. The normalized spacial score (nSPS) is 15.4. The maximum absolute atomic E-state index is 12.4. The van der Waals surface area contributed by atoms with Gasteiger partial charge in [0.25, 0.3) is 5.91 Å². The highest BCUT2D eigenvalue weighted by atomic mass is 16.5. The monoisotopic (exact) mass is 440 g/mol. The van der Waals surface area contributed by atoms with Crippen molar-refractivity contribution in [3.8, 4) is 11.5 Å². The average molecular weight is 440 g/mol. The minimum atomic E-state index is -0.614. The van der Waals surface area contributed by atoms with Crippen molar-refractivity contribution in [2.24, 2.45) is 5.92 Å². The van der Waals surface area contributed by atoms with Gasteiger partial charge in [0.1, 0.15) is 11.5 Å².